The van der Waals surface area contributed by atoms with Crippen molar-refractivity contribution in [3.05, 3.63) is 6.33 Å². The van der Waals surface area contributed by atoms with Crippen LogP contribution in [0.4, 0.5) is 16.4 Å². The summed E-state index contributed by atoms with van der Waals surface area (Å²) >= 11 is 0. The van der Waals surface area contributed by atoms with Crippen molar-refractivity contribution in [2.75, 3.05) is 30.9 Å². The highest BCUT2D eigenvalue weighted by Gasteiger charge is 2.21. The van der Waals surface area contributed by atoms with Crippen molar-refractivity contribution in [3.63, 3.8) is 0 Å². The molecule has 82 valence electrons. The number of aromatic amines is 1. The molecule has 0 spiro atoms. The molecule has 1 aromatic rings. The van der Waals surface area contributed by atoms with E-state index >= 15 is 0 Å². The Bertz CT molecular complexity index is 342. The lowest BCUT2D eigenvalue weighted by Gasteiger charge is -2.12. The first-order valence-corrected chi connectivity index (χ1v) is 4.63. The third kappa shape index (κ3) is 2.52. The lowest BCUT2D eigenvalue weighted by atomic mass is 10.5. The Hall–Kier alpha value is -1.92. The van der Waals surface area contributed by atoms with E-state index in [2.05, 4.69) is 25.8 Å². The molecular weight excluding hydrogens is 196 g/mol. The molecule has 1 rings (SSSR count). The molecule has 0 aliphatic heterocycles. The fourth-order valence-electron chi connectivity index (χ4n) is 1.09. The smallest absolute Gasteiger partial charge is 0.365 e. The number of carbonyl (C=O) groups excluding carboxylic acids is 1. The van der Waals surface area contributed by atoms with E-state index in [-0.39, 0.29) is 6.03 Å². The number of urea groups is 1. The lowest BCUT2D eigenvalue weighted by molar-refractivity contribution is -0.368. The summed E-state index contributed by atoms with van der Waals surface area (Å²) < 4.78 is 0. The number of rotatable bonds is 3. The molecular formula is C8H15N6O+. The zero-order valence-corrected chi connectivity index (χ0v) is 9.03. The third-order valence-electron chi connectivity index (χ3n) is 1.85. The van der Waals surface area contributed by atoms with Gasteiger partial charge in [-0.05, 0) is 12.0 Å². The zero-order valence-electron chi connectivity index (χ0n) is 9.03. The van der Waals surface area contributed by atoms with Gasteiger partial charge in [0.15, 0.2) is 0 Å². The van der Waals surface area contributed by atoms with Crippen LogP contribution < -0.4 is 20.5 Å². The molecule has 0 atom stereocenters. The first kappa shape index (κ1) is 11.2. The Morgan fingerprint density at radius 2 is 2.40 bits per heavy atom. The SMILES string of the molecule is CCNC(=O)N(C)c1[nH+]cnnc1NC. The van der Waals surface area contributed by atoms with Gasteiger partial charge in [0, 0.05) is 18.7 Å². The summed E-state index contributed by atoms with van der Waals surface area (Å²) in [5.41, 5.74) is 0. The predicted octanol–water partition coefficient (Wildman–Crippen LogP) is -0.502. The fourth-order valence-corrected chi connectivity index (χ4v) is 1.09. The molecule has 3 N–H and O–H groups in total. The average Bonchev–Trinajstić information content (AvgIpc) is 2.28. The first-order valence-electron chi connectivity index (χ1n) is 4.63. The highest BCUT2D eigenvalue weighted by atomic mass is 16.2. The van der Waals surface area contributed by atoms with Crippen molar-refractivity contribution < 1.29 is 9.78 Å². The summed E-state index contributed by atoms with van der Waals surface area (Å²) in [4.78, 5) is 15.8. The van der Waals surface area contributed by atoms with Crippen LogP contribution in [-0.2, 0) is 0 Å². The fraction of sp³-hybridized carbons (Fsp3) is 0.500. The summed E-state index contributed by atoms with van der Waals surface area (Å²) in [7, 11) is 3.37. The second-order valence-corrected chi connectivity index (χ2v) is 2.83. The highest BCUT2D eigenvalue weighted by Crippen LogP contribution is 2.13. The maximum atomic E-state index is 11.5. The predicted molar refractivity (Wildman–Crippen MR) is 55.6 cm³/mol. The van der Waals surface area contributed by atoms with E-state index in [4.69, 9.17) is 0 Å². The average molecular weight is 211 g/mol. The standard InChI is InChI=1S/C8H14N6O/c1-4-10-8(15)14(3)7-6(9-2)13-12-5-11-7/h5H,4H2,1-3H3,(H,9,13)(H,10,15)/p+1. The summed E-state index contributed by atoms with van der Waals surface area (Å²) in [6.07, 6.45) is 1.42. The van der Waals surface area contributed by atoms with E-state index in [0.717, 1.165) is 0 Å². The van der Waals surface area contributed by atoms with E-state index in [1.807, 2.05) is 6.92 Å². The van der Waals surface area contributed by atoms with Crippen LogP contribution in [0.3, 0.4) is 0 Å². The zero-order chi connectivity index (χ0) is 11.3. The van der Waals surface area contributed by atoms with Crippen molar-refractivity contribution >= 4 is 17.7 Å². The van der Waals surface area contributed by atoms with Gasteiger partial charge in [0.05, 0.1) is 7.05 Å². The van der Waals surface area contributed by atoms with Crippen molar-refractivity contribution in [2.24, 2.45) is 0 Å². The molecule has 1 heterocycles. The molecule has 0 aliphatic rings. The van der Waals surface area contributed by atoms with Crippen molar-refractivity contribution in [1.82, 2.24) is 15.5 Å². The first-order chi connectivity index (χ1) is 7.20. The topological polar surface area (TPSA) is 84.3 Å². The van der Waals surface area contributed by atoms with Gasteiger partial charge in [-0.2, -0.15) is 0 Å². The molecule has 0 radical (unpaired) electrons. The summed E-state index contributed by atoms with van der Waals surface area (Å²) in [5.74, 6) is 1.09. The summed E-state index contributed by atoms with van der Waals surface area (Å²) in [6, 6.07) is -0.196. The van der Waals surface area contributed by atoms with Crippen LogP contribution in [-0.4, -0.2) is 36.9 Å². The Kier molecular flexibility index (Phi) is 3.78. The number of H-pyrrole nitrogens is 1. The molecule has 1 aromatic heterocycles. The van der Waals surface area contributed by atoms with Crippen LogP contribution in [0.2, 0.25) is 0 Å². The molecule has 0 aliphatic carbocycles. The minimum atomic E-state index is -0.196. The summed E-state index contributed by atoms with van der Waals surface area (Å²) in [5, 5.41) is 13.1. The second-order valence-electron chi connectivity index (χ2n) is 2.83. The van der Waals surface area contributed by atoms with Crippen LogP contribution in [0, 0.1) is 0 Å². The largest absolute Gasteiger partial charge is 0.379 e. The monoisotopic (exact) mass is 211 g/mol. The van der Waals surface area contributed by atoms with E-state index in [1.165, 1.54) is 11.2 Å². The normalized spacial score (nSPS) is 9.53. The Morgan fingerprint density at radius 3 is 3.00 bits per heavy atom. The molecule has 7 heteroatoms. The minimum Gasteiger partial charge on any atom is -0.365 e. The number of nitrogens with one attached hydrogen (secondary N) is 3. The van der Waals surface area contributed by atoms with Gasteiger partial charge in [-0.25, -0.2) is 14.7 Å². The van der Waals surface area contributed by atoms with E-state index in [0.29, 0.717) is 18.2 Å². The molecule has 15 heavy (non-hydrogen) atoms. The second kappa shape index (κ2) is 5.08. The van der Waals surface area contributed by atoms with Gasteiger partial charge < -0.3 is 10.6 Å². The van der Waals surface area contributed by atoms with Crippen LogP contribution in [0.1, 0.15) is 6.92 Å². The highest BCUT2D eigenvalue weighted by molar-refractivity contribution is 5.91. The molecule has 0 saturated carbocycles. The van der Waals surface area contributed by atoms with Gasteiger partial charge in [-0.15, -0.1) is 0 Å². The summed E-state index contributed by atoms with van der Waals surface area (Å²) in [6.45, 7) is 2.44. The molecule has 0 fully saturated rings. The number of amides is 2. The van der Waals surface area contributed by atoms with Crippen LogP contribution in [0.15, 0.2) is 6.33 Å². The quantitative estimate of drug-likeness (QED) is 0.705. The minimum absolute atomic E-state index is 0.196. The van der Waals surface area contributed by atoms with Crippen LogP contribution in [0.5, 0.6) is 0 Å². The van der Waals surface area contributed by atoms with E-state index in [9.17, 15) is 4.79 Å². The number of hydrogen-bond acceptors (Lipinski definition) is 4. The Labute approximate surface area is 87.9 Å². The number of carbonyl (C=O) groups is 1. The van der Waals surface area contributed by atoms with Crippen molar-refractivity contribution in [3.8, 4) is 0 Å². The van der Waals surface area contributed by atoms with E-state index in [1.54, 1.807) is 14.1 Å². The molecule has 0 bridgehead atoms. The van der Waals surface area contributed by atoms with Gasteiger partial charge in [0.1, 0.15) is 0 Å². The van der Waals surface area contributed by atoms with Gasteiger partial charge in [-0.1, -0.05) is 0 Å². The maximum absolute atomic E-state index is 11.5. The van der Waals surface area contributed by atoms with Gasteiger partial charge in [0.2, 0.25) is 12.1 Å². The molecule has 7 nitrogen and oxygen atoms in total. The van der Waals surface area contributed by atoms with E-state index < -0.39 is 0 Å². The molecule has 0 unspecified atom stereocenters. The maximum Gasteiger partial charge on any atom is 0.379 e. The Balaban J connectivity index is 2.89. The van der Waals surface area contributed by atoms with Gasteiger partial charge in [-0.3, -0.25) is 0 Å². The van der Waals surface area contributed by atoms with Gasteiger partial charge >= 0.3 is 6.03 Å². The number of anilines is 2. The van der Waals surface area contributed by atoms with Gasteiger partial charge in [0.25, 0.3) is 5.82 Å². The van der Waals surface area contributed by atoms with Crippen molar-refractivity contribution in [2.45, 2.75) is 6.92 Å². The number of aromatic nitrogens is 3. The molecule has 2 amide bonds. The number of nitrogens with zero attached hydrogens (tertiary/aromatic N) is 3. The van der Waals surface area contributed by atoms with Crippen molar-refractivity contribution in [1.29, 1.82) is 0 Å². The van der Waals surface area contributed by atoms with Crippen LogP contribution in [0.25, 0.3) is 0 Å². The molecule has 0 aromatic carbocycles. The lowest BCUT2D eigenvalue weighted by Crippen LogP contribution is -2.40. The molecule has 0 saturated heterocycles. The Morgan fingerprint density at radius 1 is 1.67 bits per heavy atom. The third-order valence-corrected chi connectivity index (χ3v) is 1.85. The number of hydrogen-bond donors (Lipinski definition) is 2. The van der Waals surface area contributed by atoms with Crippen LogP contribution >= 0.6 is 0 Å².